The summed E-state index contributed by atoms with van der Waals surface area (Å²) in [6.45, 7) is 12.7. The minimum Gasteiger partial charge on any atom is -0.393 e. The third-order valence-corrected chi connectivity index (χ3v) is 12.6. The molecule has 0 aromatic carbocycles. The molecule has 4 fully saturated rings. The quantitative estimate of drug-likeness (QED) is 0.253. The molecule has 5 rings (SSSR count). The van der Waals surface area contributed by atoms with Crippen molar-refractivity contribution in [3.8, 4) is 0 Å². The molecule has 41 heavy (non-hydrogen) atoms. The fraction of sp³-hybridized carbons (Fsp3) is 0.939. The first-order valence-electron chi connectivity index (χ1n) is 16.3. The standard InChI is InChI=1S/C33H56O8/c1-16(2)7-10-24(35)17(3)27-25(41-31-30(39)29(38)28(37)18(4)40-31)15-23-21-9-8-19-13-20(34)14-26(36)33(19,6)22(21)11-12-32(23,27)5/h8,16-18,20-31,34-39H,7,9-15H2,1-6H3/t17-,18+,20-,21-,22+,23+,24+,25+,26-,27+,28+,29-,30-,31+,32+,33+/m1/s1. The largest absolute Gasteiger partial charge is 0.393 e. The molecule has 3 saturated carbocycles. The molecule has 1 heterocycles. The molecule has 8 heteroatoms. The highest BCUT2D eigenvalue weighted by Gasteiger charge is 2.64. The molecule has 0 aromatic heterocycles. The van der Waals surface area contributed by atoms with Crippen molar-refractivity contribution < 1.29 is 40.1 Å². The maximum atomic E-state index is 11.4. The predicted molar refractivity (Wildman–Crippen MR) is 154 cm³/mol. The maximum Gasteiger partial charge on any atom is 0.186 e. The number of hydrogen-bond acceptors (Lipinski definition) is 8. The van der Waals surface area contributed by atoms with Gasteiger partial charge in [-0.05, 0) is 92.8 Å². The van der Waals surface area contributed by atoms with Crippen LogP contribution in [-0.4, -0.2) is 85.8 Å². The van der Waals surface area contributed by atoms with Crippen LogP contribution in [-0.2, 0) is 9.47 Å². The second-order valence-electron chi connectivity index (χ2n) is 15.3. The van der Waals surface area contributed by atoms with E-state index in [1.807, 2.05) is 0 Å². The van der Waals surface area contributed by atoms with Crippen LogP contribution >= 0.6 is 0 Å². The Bertz CT molecular complexity index is 956. The topological polar surface area (TPSA) is 140 Å². The van der Waals surface area contributed by atoms with Gasteiger partial charge in [0, 0.05) is 11.8 Å². The number of allylic oxidation sites excluding steroid dienone is 1. The number of fused-ring (bicyclic) bond motifs is 5. The maximum absolute atomic E-state index is 11.4. The van der Waals surface area contributed by atoms with E-state index in [-0.39, 0.29) is 28.8 Å². The molecule has 236 valence electrons. The fourth-order valence-corrected chi connectivity index (χ4v) is 10.1. The highest BCUT2D eigenvalue weighted by atomic mass is 16.7. The van der Waals surface area contributed by atoms with Crippen molar-refractivity contribution >= 4 is 0 Å². The fourth-order valence-electron chi connectivity index (χ4n) is 10.1. The first-order chi connectivity index (χ1) is 19.2. The normalized spacial score (nSPS) is 51.4. The van der Waals surface area contributed by atoms with Crippen molar-refractivity contribution in [1.29, 1.82) is 0 Å². The third kappa shape index (κ3) is 5.37. The van der Waals surface area contributed by atoms with Gasteiger partial charge in [-0.1, -0.05) is 46.3 Å². The summed E-state index contributed by atoms with van der Waals surface area (Å²) in [6.07, 6.45) is 1.08. The van der Waals surface area contributed by atoms with Crippen molar-refractivity contribution in [3.05, 3.63) is 11.6 Å². The smallest absolute Gasteiger partial charge is 0.186 e. The highest BCUT2D eigenvalue weighted by molar-refractivity contribution is 5.28. The van der Waals surface area contributed by atoms with E-state index in [1.165, 1.54) is 5.57 Å². The van der Waals surface area contributed by atoms with Gasteiger partial charge in [-0.15, -0.1) is 0 Å². The first-order valence-corrected chi connectivity index (χ1v) is 16.3. The molecule has 0 spiro atoms. The van der Waals surface area contributed by atoms with Crippen LogP contribution in [0.15, 0.2) is 11.6 Å². The summed E-state index contributed by atoms with van der Waals surface area (Å²) in [4.78, 5) is 0. The Morgan fingerprint density at radius 3 is 2.37 bits per heavy atom. The van der Waals surface area contributed by atoms with Gasteiger partial charge in [0.1, 0.15) is 18.3 Å². The van der Waals surface area contributed by atoms with Crippen molar-refractivity contribution in [2.45, 2.75) is 148 Å². The van der Waals surface area contributed by atoms with E-state index in [0.717, 1.165) is 38.5 Å². The van der Waals surface area contributed by atoms with E-state index < -0.39 is 49.0 Å². The molecule has 5 aliphatic rings. The molecule has 0 unspecified atom stereocenters. The molecule has 0 radical (unpaired) electrons. The van der Waals surface area contributed by atoms with Crippen LogP contribution in [0, 0.1) is 46.3 Å². The van der Waals surface area contributed by atoms with E-state index in [4.69, 9.17) is 9.47 Å². The Labute approximate surface area is 246 Å². The molecule has 6 N–H and O–H groups in total. The second kappa shape index (κ2) is 11.7. The lowest BCUT2D eigenvalue weighted by Gasteiger charge is -2.59. The number of ether oxygens (including phenoxy) is 2. The third-order valence-electron chi connectivity index (χ3n) is 12.6. The zero-order valence-corrected chi connectivity index (χ0v) is 25.9. The van der Waals surface area contributed by atoms with Gasteiger partial charge in [-0.25, -0.2) is 0 Å². The van der Waals surface area contributed by atoms with E-state index in [2.05, 4.69) is 40.7 Å². The predicted octanol–water partition coefficient (Wildman–Crippen LogP) is 3.15. The molecule has 0 amide bonds. The average molecular weight is 581 g/mol. The number of rotatable bonds is 7. The number of aliphatic hydroxyl groups is 6. The monoisotopic (exact) mass is 580 g/mol. The summed E-state index contributed by atoms with van der Waals surface area (Å²) in [5, 5.41) is 64.7. The lowest BCUT2D eigenvalue weighted by Crippen LogP contribution is -2.58. The molecule has 16 atom stereocenters. The first kappa shape index (κ1) is 31.8. The summed E-state index contributed by atoms with van der Waals surface area (Å²) in [5.74, 6) is 1.40. The SMILES string of the molecule is CC(C)CC[C@H](O)[C@@H](C)[C@H]1[C@@H](O[C@@H]2O[C@@H](C)[C@H](O)[C@@H](O)[C@H]2O)C[C@H]2[C@@H]3CC=C4C[C@@H](O)C[C@@H](O)[C@]4(C)[C@H]3CC[C@]12C. The lowest BCUT2D eigenvalue weighted by molar-refractivity contribution is -0.309. The van der Waals surface area contributed by atoms with Crippen LogP contribution in [0.2, 0.25) is 0 Å². The van der Waals surface area contributed by atoms with E-state index in [1.54, 1.807) is 6.92 Å². The molecular weight excluding hydrogens is 524 g/mol. The highest BCUT2D eigenvalue weighted by Crippen LogP contribution is 2.68. The summed E-state index contributed by atoms with van der Waals surface area (Å²) >= 11 is 0. The zero-order valence-electron chi connectivity index (χ0n) is 25.9. The molecule has 1 saturated heterocycles. The summed E-state index contributed by atoms with van der Waals surface area (Å²) in [5.41, 5.74) is 0.737. The Balaban J connectivity index is 1.46. The van der Waals surface area contributed by atoms with Gasteiger partial charge in [0.25, 0.3) is 0 Å². The van der Waals surface area contributed by atoms with Crippen LogP contribution in [0.3, 0.4) is 0 Å². The number of aliphatic hydroxyl groups excluding tert-OH is 6. The lowest BCUT2D eigenvalue weighted by atomic mass is 9.46. The van der Waals surface area contributed by atoms with Crippen LogP contribution in [0.25, 0.3) is 0 Å². The molecule has 4 aliphatic carbocycles. The minimum absolute atomic E-state index is 0.0157. The zero-order chi connectivity index (χ0) is 30.0. The summed E-state index contributed by atoms with van der Waals surface area (Å²) < 4.78 is 12.5. The van der Waals surface area contributed by atoms with Gasteiger partial charge in [0.2, 0.25) is 0 Å². The molecule has 1 aliphatic heterocycles. The Morgan fingerprint density at radius 2 is 1.68 bits per heavy atom. The number of hydrogen-bond donors (Lipinski definition) is 6. The molecule has 8 nitrogen and oxygen atoms in total. The Hall–Kier alpha value is -0.580. The average Bonchev–Trinajstić information content (AvgIpc) is 3.21. The van der Waals surface area contributed by atoms with Gasteiger partial charge in [0.15, 0.2) is 6.29 Å². The van der Waals surface area contributed by atoms with Crippen molar-refractivity contribution in [2.24, 2.45) is 46.3 Å². The second-order valence-corrected chi connectivity index (χ2v) is 15.3. The summed E-state index contributed by atoms with van der Waals surface area (Å²) in [7, 11) is 0. The van der Waals surface area contributed by atoms with Crippen LogP contribution in [0.5, 0.6) is 0 Å². The van der Waals surface area contributed by atoms with Gasteiger partial charge in [-0.3, -0.25) is 0 Å². The molecule has 0 aromatic rings. The van der Waals surface area contributed by atoms with Gasteiger partial charge in [0.05, 0.1) is 30.5 Å². The summed E-state index contributed by atoms with van der Waals surface area (Å²) in [6, 6.07) is 0. The van der Waals surface area contributed by atoms with Crippen molar-refractivity contribution in [1.82, 2.24) is 0 Å². The van der Waals surface area contributed by atoms with Crippen molar-refractivity contribution in [3.63, 3.8) is 0 Å². The van der Waals surface area contributed by atoms with Crippen LogP contribution in [0.4, 0.5) is 0 Å². The molecule has 0 bridgehead atoms. The van der Waals surface area contributed by atoms with Crippen molar-refractivity contribution in [2.75, 3.05) is 0 Å². The van der Waals surface area contributed by atoms with E-state index in [9.17, 15) is 30.6 Å². The van der Waals surface area contributed by atoms with E-state index >= 15 is 0 Å². The van der Waals surface area contributed by atoms with Crippen LogP contribution < -0.4 is 0 Å². The van der Waals surface area contributed by atoms with Crippen LogP contribution in [0.1, 0.15) is 92.9 Å². The van der Waals surface area contributed by atoms with E-state index in [0.29, 0.717) is 36.5 Å². The van der Waals surface area contributed by atoms with Gasteiger partial charge >= 0.3 is 0 Å². The van der Waals surface area contributed by atoms with Gasteiger partial charge in [-0.2, -0.15) is 0 Å². The molecular formula is C33H56O8. The Kier molecular flexibility index (Phi) is 9.11. The van der Waals surface area contributed by atoms with Gasteiger partial charge < -0.3 is 40.1 Å². The minimum atomic E-state index is -1.37. The Morgan fingerprint density at radius 1 is 0.976 bits per heavy atom.